The lowest BCUT2D eigenvalue weighted by Crippen LogP contribution is -2.05. The Morgan fingerprint density at radius 1 is 1.67 bits per heavy atom. The van der Waals surface area contributed by atoms with Crippen molar-refractivity contribution >= 4 is 21.7 Å². The van der Waals surface area contributed by atoms with Gasteiger partial charge in [0.05, 0.1) is 6.61 Å². The third kappa shape index (κ3) is 2.57. The fraction of sp³-hybridized carbons (Fsp3) is 0.444. The van der Waals surface area contributed by atoms with Crippen LogP contribution in [0.2, 0.25) is 0 Å². The van der Waals surface area contributed by atoms with E-state index in [0.717, 1.165) is 10.1 Å². The SMILES string of the molecule is CCOCC1=CC(=O)CC=C1Br. The Morgan fingerprint density at radius 3 is 3.08 bits per heavy atom. The highest BCUT2D eigenvalue weighted by atomic mass is 79.9. The van der Waals surface area contributed by atoms with Gasteiger partial charge in [-0.2, -0.15) is 0 Å². The van der Waals surface area contributed by atoms with E-state index >= 15 is 0 Å². The Labute approximate surface area is 80.4 Å². The Kier molecular flexibility index (Phi) is 3.69. The van der Waals surface area contributed by atoms with Crippen LogP contribution in [0.1, 0.15) is 13.3 Å². The maximum atomic E-state index is 11.0. The average Bonchev–Trinajstić information content (AvgIpc) is 2.07. The maximum absolute atomic E-state index is 11.0. The second kappa shape index (κ2) is 4.58. The van der Waals surface area contributed by atoms with Crippen LogP contribution in [0.3, 0.4) is 0 Å². The van der Waals surface area contributed by atoms with E-state index in [1.54, 1.807) is 6.08 Å². The fourth-order valence-electron chi connectivity index (χ4n) is 0.966. The van der Waals surface area contributed by atoms with Gasteiger partial charge in [0.25, 0.3) is 0 Å². The summed E-state index contributed by atoms with van der Waals surface area (Å²) in [7, 11) is 0. The second-order valence-electron chi connectivity index (χ2n) is 2.53. The molecule has 0 spiro atoms. The summed E-state index contributed by atoms with van der Waals surface area (Å²) in [6.07, 6.45) is 4.01. The van der Waals surface area contributed by atoms with Crippen molar-refractivity contribution in [1.82, 2.24) is 0 Å². The Hall–Kier alpha value is -0.410. The Morgan fingerprint density at radius 2 is 2.42 bits per heavy atom. The minimum absolute atomic E-state index is 0.146. The number of hydrogen-bond acceptors (Lipinski definition) is 2. The summed E-state index contributed by atoms with van der Waals surface area (Å²) in [5.74, 6) is 0.146. The molecule has 0 N–H and O–H groups in total. The summed E-state index contributed by atoms with van der Waals surface area (Å²) in [4.78, 5) is 11.0. The van der Waals surface area contributed by atoms with E-state index in [1.165, 1.54) is 0 Å². The average molecular weight is 231 g/mol. The zero-order valence-corrected chi connectivity index (χ0v) is 8.56. The van der Waals surface area contributed by atoms with Crippen LogP contribution in [0.15, 0.2) is 22.2 Å². The molecule has 0 amide bonds. The van der Waals surface area contributed by atoms with Crippen molar-refractivity contribution in [3.8, 4) is 0 Å². The number of halogens is 1. The van der Waals surface area contributed by atoms with E-state index in [-0.39, 0.29) is 5.78 Å². The molecule has 0 radical (unpaired) electrons. The molecule has 2 nitrogen and oxygen atoms in total. The number of ketones is 1. The van der Waals surface area contributed by atoms with Gasteiger partial charge in [0.2, 0.25) is 0 Å². The lowest BCUT2D eigenvalue weighted by molar-refractivity contribution is -0.114. The lowest BCUT2D eigenvalue weighted by atomic mass is 10.1. The zero-order chi connectivity index (χ0) is 8.97. The maximum Gasteiger partial charge on any atom is 0.159 e. The summed E-state index contributed by atoms with van der Waals surface area (Å²) >= 11 is 3.37. The summed E-state index contributed by atoms with van der Waals surface area (Å²) in [6, 6.07) is 0. The van der Waals surface area contributed by atoms with Crippen LogP contribution in [0.4, 0.5) is 0 Å². The van der Waals surface area contributed by atoms with Crippen LogP contribution in [-0.4, -0.2) is 19.0 Å². The van der Waals surface area contributed by atoms with Gasteiger partial charge in [0, 0.05) is 17.5 Å². The number of hydrogen-bond donors (Lipinski definition) is 0. The largest absolute Gasteiger partial charge is 0.377 e. The first-order chi connectivity index (χ1) is 5.74. The highest BCUT2D eigenvalue weighted by Crippen LogP contribution is 2.22. The lowest BCUT2D eigenvalue weighted by Gasteiger charge is -2.09. The first-order valence-corrected chi connectivity index (χ1v) is 4.70. The van der Waals surface area contributed by atoms with E-state index in [2.05, 4.69) is 15.9 Å². The first-order valence-electron chi connectivity index (χ1n) is 3.91. The highest BCUT2D eigenvalue weighted by Gasteiger charge is 2.10. The molecule has 66 valence electrons. The molecule has 12 heavy (non-hydrogen) atoms. The van der Waals surface area contributed by atoms with Crippen LogP contribution < -0.4 is 0 Å². The normalized spacial score (nSPS) is 17.3. The van der Waals surface area contributed by atoms with E-state index < -0.39 is 0 Å². The molecule has 3 heteroatoms. The number of carbonyl (C=O) groups excluding carboxylic acids is 1. The molecule has 0 aromatic rings. The second-order valence-corrected chi connectivity index (χ2v) is 3.38. The van der Waals surface area contributed by atoms with Crippen molar-refractivity contribution in [2.75, 3.05) is 13.2 Å². The van der Waals surface area contributed by atoms with Crippen molar-refractivity contribution in [2.45, 2.75) is 13.3 Å². The van der Waals surface area contributed by atoms with E-state index in [0.29, 0.717) is 19.6 Å². The first kappa shape index (κ1) is 9.68. The van der Waals surface area contributed by atoms with E-state index in [1.807, 2.05) is 13.0 Å². The van der Waals surface area contributed by atoms with Gasteiger partial charge in [-0.3, -0.25) is 4.79 Å². The molecule has 1 aliphatic carbocycles. The van der Waals surface area contributed by atoms with Gasteiger partial charge in [-0.05, 0) is 18.6 Å². The molecule has 0 saturated carbocycles. The topological polar surface area (TPSA) is 26.3 Å². The van der Waals surface area contributed by atoms with Crippen LogP contribution in [0, 0.1) is 0 Å². The minimum atomic E-state index is 0.146. The third-order valence-corrected chi connectivity index (χ3v) is 2.42. The summed E-state index contributed by atoms with van der Waals surface area (Å²) in [5, 5.41) is 0. The molecular formula is C9H11BrO2. The third-order valence-electron chi connectivity index (χ3n) is 1.59. The van der Waals surface area contributed by atoms with Crippen molar-refractivity contribution in [1.29, 1.82) is 0 Å². The fourth-order valence-corrected chi connectivity index (χ4v) is 1.36. The van der Waals surface area contributed by atoms with Crippen molar-refractivity contribution in [3.05, 3.63) is 22.2 Å². The van der Waals surface area contributed by atoms with E-state index in [9.17, 15) is 4.79 Å². The van der Waals surface area contributed by atoms with Crippen LogP contribution in [0.25, 0.3) is 0 Å². The van der Waals surface area contributed by atoms with Crippen molar-refractivity contribution in [3.63, 3.8) is 0 Å². The molecule has 0 aromatic heterocycles. The molecule has 1 aliphatic rings. The predicted molar refractivity (Wildman–Crippen MR) is 51.2 cm³/mol. The monoisotopic (exact) mass is 230 g/mol. The molecule has 0 saturated heterocycles. The Bertz CT molecular complexity index is 241. The smallest absolute Gasteiger partial charge is 0.159 e. The van der Waals surface area contributed by atoms with Gasteiger partial charge in [-0.15, -0.1) is 0 Å². The predicted octanol–water partition coefficient (Wildman–Crippen LogP) is 2.20. The number of allylic oxidation sites excluding steroid dienone is 2. The van der Waals surface area contributed by atoms with Gasteiger partial charge in [-0.25, -0.2) is 0 Å². The van der Waals surface area contributed by atoms with Gasteiger partial charge in [0.15, 0.2) is 5.78 Å². The molecule has 0 unspecified atom stereocenters. The standard InChI is InChI=1S/C9H11BrO2/c1-2-12-6-7-5-8(11)3-4-9(7)10/h4-5H,2-3,6H2,1H3. The van der Waals surface area contributed by atoms with E-state index in [4.69, 9.17) is 4.74 Å². The minimum Gasteiger partial charge on any atom is -0.377 e. The van der Waals surface area contributed by atoms with Crippen LogP contribution in [0.5, 0.6) is 0 Å². The number of ether oxygens (including phenoxy) is 1. The van der Waals surface area contributed by atoms with Gasteiger partial charge >= 0.3 is 0 Å². The van der Waals surface area contributed by atoms with Gasteiger partial charge in [0.1, 0.15) is 0 Å². The molecular weight excluding hydrogens is 220 g/mol. The van der Waals surface area contributed by atoms with Crippen molar-refractivity contribution in [2.24, 2.45) is 0 Å². The quantitative estimate of drug-likeness (QED) is 0.744. The molecule has 0 bridgehead atoms. The molecule has 0 fully saturated rings. The molecule has 0 aliphatic heterocycles. The molecule has 0 aromatic carbocycles. The molecule has 0 heterocycles. The summed E-state index contributed by atoms with van der Waals surface area (Å²) in [6.45, 7) is 3.12. The molecule has 1 rings (SSSR count). The van der Waals surface area contributed by atoms with Gasteiger partial charge < -0.3 is 4.74 Å². The number of rotatable bonds is 3. The van der Waals surface area contributed by atoms with Crippen LogP contribution in [-0.2, 0) is 9.53 Å². The molecule has 0 atom stereocenters. The zero-order valence-electron chi connectivity index (χ0n) is 6.97. The summed E-state index contributed by atoms with van der Waals surface area (Å²) < 4.78 is 6.18. The summed E-state index contributed by atoms with van der Waals surface area (Å²) in [5.41, 5.74) is 0.938. The van der Waals surface area contributed by atoms with Crippen molar-refractivity contribution < 1.29 is 9.53 Å². The van der Waals surface area contributed by atoms with Crippen LogP contribution >= 0.6 is 15.9 Å². The number of carbonyl (C=O) groups is 1. The van der Waals surface area contributed by atoms with Gasteiger partial charge in [-0.1, -0.05) is 22.0 Å². The Balaban J connectivity index is 2.59. The highest BCUT2D eigenvalue weighted by molar-refractivity contribution is 9.12.